The Morgan fingerprint density at radius 3 is 2.55 bits per heavy atom. The first-order valence-electron chi connectivity index (χ1n) is 9.54. The molecule has 4 rings (SSSR count). The van der Waals surface area contributed by atoms with E-state index in [1.54, 1.807) is 24.4 Å². The Morgan fingerprint density at radius 2 is 1.83 bits per heavy atom. The highest BCUT2D eigenvalue weighted by molar-refractivity contribution is 7.15. The molecule has 146 valence electrons. The number of amides is 2. The highest BCUT2D eigenvalue weighted by atomic mass is 32.1. The molecule has 1 heterocycles. The van der Waals surface area contributed by atoms with E-state index in [0.29, 0.717) is 16.7 Å². The van der Waals surface area contributed by atoms with Crippen LogP contribution in [0, 0.1) is 0 Å². The number of carbonyl (C=O) groups excluding carboxylic acids is 2. The van der Waals surface area contributed by atoms with E-state index in [2.05, 4.69) is 27.8 Å². The van der Waals surface area contributed by atoms with Crippen molar-refractivity contribution in [2.75, 3.05) is 5.32 Å². The van der Waals surface area contributed by atoms with Gasteiger partial charge >= 0.3 is 0 Å². The summed E-state index contributed by atoms with van der Waals surface area (Å²) in [6, 6.07) is 17.7. The minimum atomic E-state index is -0.235. The fraction of sp³-hybridized carbons (Fsp3) is 0.174. The Bertz CT molecular complexity index is 1020. The molecule has 0 atom stereocenters. The van der Waals surface area contributed by atoms with Crippen LogP contribution < -0.4 is 10.6 Å². The lowest BCUT2D eigenvalue weighted by Gasteiger charge is -2.03. The third-order valence-electron chi connectivity index (χ3n) is 4.52. The monoisotopic (exact) mass is 403 g/mol. The molecule has 0 radical (unpaired) electrons. The second-order valence-corrected chi connectivity index (χ2v) is 8.10. The van der Waals surface area contributed by atoms with Crippen LogP contribution in [0.1, 0.15) is 39.2 Å². The van der Waals surface area contributed by atoms with Crippen LogP contribution in [0.2, 0.25) is 0 Å². The quantitative estimate of drug-likeness (QED) is 0.579. The lowest BCUT2D eigenvalue weighted by atomic mass is 10.1. The van der Waals surface area contributed by atoms with Crippen LogP contribution in [-0.4, -0.2) is 22.8 Å². The molecule has 0 unspecified atom stereocenters. The highest BCUT2D eigenvalue weighted by Crippen LogP contribution is 2.21. The molecular weight excluding hydrogens is 382 g/mol. The molecule has 3 aromatic rings. The van der Waals surface area contributed by atoms with Gasteiger partial charge in [-0.3, -0.25) is 14.9 Å². The number of thiazole rings is 1. The molecule has 29 heavy (non-hydrogen) atoms. The maximum Gasteiger partial charge on any atom is 0.251 e. The van der Waals surface area contributed by atoms with E-state index in [1.165, 1.54) is 23.0 Å². The zero-order valence-corrected chi connectivity index (χ0v) is 16.6. The SMILES string of the molecule is O=C(/C=C/c1ccc(C(=O)NC2CC2)cc1)Nc1ncc(Cc2ccccc2)s1. The molecule has 0 aliphatic heterocycles. The smallest absolute Gasteiger partial charge is 0.251 e. The van der Waals surface area contributed by atoms with Gasteiger partial charge in [-0.05, 0) is 42.2 Å². The van der Waals surface area contributed by atoms with Gasteiger partial charge in [0.05, 0.1) is 0 Å². The van der Waals surface area contributed by atoms with Gasteiger partial charge in [-0.25, -0.2) is 4.98 Å². The van der Waals surface area contributed by atoms with Gasteiger partial charge in [0.15, 0.2) is 5.13 Å². The van der Waals surface area contributed by atoms with Crippen LogP contribution in [0.15, 0.2) is 66.9 Å². The molecule has 0 saturated heterocycles. The average Bonchev–Trinajstić information content (AvgIpc) is 3.45. The van der Waals surface area contributed by atoms with Crippen LogP contribution in [-0.2, 0) is 11.2 Å². The van der Waals surface area contributed by atoms with Gasteiger partial charge in [0.25, 0.3) is 5.91 Å². The van der Waals surface area contributed by atoms with Crippen LogP contribution in [0.25, 0.3) is 6.08 Å². The van der Waals surface area contributed by atoms with E-state index in [1.807, 2.05) is 30.3 Å². The van der Waals surface area contributed by atoms with Crippen LogP contribution in [0.5, 0.6) is 0 Å². The number of rotatable bonds is 7. The maximum absolute atomic E-state index is 12.2. The van der Waals surface area contributed by atoms with Crippen molar-refractivity contribution in [3.8, 4) is 0 Å². The second kappa shape index (κ2) is 8.84. The van der Waals surface area contributed by atoms with Crippen molar-refractivity contribution >= 4 is 34.4 Å². The standard InChI is InChI=1S/C23H21N3O2S/c27-21(26-23-24-15-20(29-23)14-17-4-2-1-3-5-17)13-8-16-6-9-18(10-7-16)22(28)25-19-11-12-19/h1-10,13,15,19H,11-12,14H2,(H,25,28)(H,24,26,27)/b13-8+. The summed E-state index contributed by atoms with van der Waals surface area (Å²) in [5, 5.41) is 6.33. The summed E-state index contributed by atoms with van der Waals surface area (Å²) in [6.45, 7) is 0. The Morgan fingerprint density at radius 1 is 1.07 bits per heavy atom. The molecular formula is C23H21N3O2S. The summed E-state index contributed by atoms with van der Waals surface area (Å²) < 4.78 is 0. The van der Waals surface area contributed by atoms with Crippen molar-refractivity contribution in [3.63, 3.8) is 0 Å². The molecule has 2 N–H and O–H groups in total. The zero-order chi connectivity index (χ0) is 20.1. The van der Waals surface area contributed by atoms with E-state index in [9.17, 15) is 9.59 Å². The van der Waals surface area contributed by atoms with Gasteiger partial charge in [-0.2, -0.15) is 0 Å². The predicted octanol–water partition coefficient (Wildman–Crippen LogP) is 4.28. The van der Waals surface area contributed by atoms with Crippen LogP contribution in [0.4, 0.5) is 5.13 Å². The lowest BCUT2D eigenvalue weighted by molar-refractivity contribution is -0.111. The van der Waals surface area contributed by atoms with Crippen molar-refractivity contribution in [1.82, 2.24) is 10.3 Å². The number of hydrogen-bond acceptors (Lipinski definition) is 4. The molecule has 1 fully saturated rings. The number of benzene rings is 2. The number of aromatic nitrogens is 1. The van der Waals surface area contributed by atoms with Crippen molar-refractivity contribution in [3.05, 3.63) is 88.4 Å². The molecule has 1 saturated carbocycles. The number of carbonyl (C=O) groups is 2. The Kier molecular flexibility index (Phi) is 5.81. The summed E-state index contributed by atoms with van der Waals surface area (Å²) >= 11 is 1.47. The fourth-order valence-corrected chi connectivity index (χ4v) is 3.65. The maximum atomic E-state index is 12.2. The predicted molar refractivity (Wildman–Crippen MR) is 116 cm³/mol. The van der Waals surface area contributed by atoms with Gasteiger partial charge in [-0.15, -0.1) is 11.3 Å². The molecule has 2 amide bonds. The molecule has 1 aliphatic rings. The zero-order valence-electron chi connectivity index (χ0n) is 15.8. The molecule has 1 aliphatic carbocycles. The molecule has 1 aromatic heterocycles. The largest absolute Gasteiger partial charge is 0.349 e. The van der Waals surface area contributed by atoms with Gasteiger partial charge in [0.1, 0.15) is 0 Å². The Labute approximate surface area is 173 Å². The van der Waals surface area contributed by atoms with Crippen molar-refractivity contribution in [1.29, 1.82) is 0 Å². The number of nitrogens with zero attached hydrogens (tertiary/aromatic N) is 1. The van der Waals surface area contributed by atoms with E-state index < -0.39 is 0 Å². The average molecular weight is 404 g/mol. The third-order valence-corrected chi connectivity index (χ3v) is 5.43. The normalized spacial score (nSPS) is 13.4. The highest BCUT2D eigenvalue weighted by Gasteiger charge is 2.23. The van der Waals surface area contributed by atoms with E-state index >= 15 is 0 Å². The molecule has 5 nitrogen and oxygen atoms in total. The topological polar surface area (TPSA) is 71.1 Å². The molecule has 0 spiro atoms. The van der Waals surface area contributed by atoms with Crippen molar-refractivity contribution in [2.45, 2.75) is 25.3 Å². The van der Waals surface area contributed by atoms with E-state index in [0.717, 1.165) is 29.7 Å². The van der Waals surface area contributed by atoms with Gasteiger partial charge < -0.3 is 5.32 Å². The lowest BCUT2D eigenvalue weighted by Crippen LogP contribution is -2.25. The number of anilines is 1. The number of hydrogen-bond donors (Lipinski definition) is 2. The molecule has 2 aromatic carbocycles. The van der Waals surface area contributed by atoms with Crippen molar-refractivity contribution < 1.29 is 9.59 Å². The van der Waals surface area contributed by atoms with Gasteiger partial charge in [-0.1, -0.05) is 42.5 Å². The summed E-state index contributed by atoms with van der Waals surface area (Å²) in [6.07, 6.45) is 7.91. The van der Waals surface area contributed by atoms with E-state index in [4.69, 9.17) is 0 Å². The van der Waals surface area contributed by atoms with E-state index in [-0.39, 0.29) is 11.8 Å². The van der Waals surface area contributed by atoms with Crippen LogP contribution >= 0.6 is 11.3 Å². The fourth-order valence-electron chi connectivity index (χ4n) is 2.81. The first-order valence-corrected chi connectivity index (χ1v) is 10.4. The van der Waals surface area contributed by atoms with Gasteiger partial charge in [0.2, 0.25) is 5.91 Å². The van der Waals surface area contributed by atoms with Crippen molar-refractivity contribution in [2.24, 2.45) is 0 Å². The first kappa shape index (κ1) is 19.1. The summed E-state index contributed by atoms with van der Waals surface area (Å²) in [4.78, 5) is 29.5. The first-order chi connectivity index (χ1) is 14.2. The van der Waals surface area contributed by atoms with Crippen LogP contribution in [0.3, 0.4) is 0 Å². The minimum absolute atomic E-state index is 0.0455. The number of nitrogens with one attached hydrogen (secondary N) is 2. The Hall–Kier alpha value is -3.25. The molecule has 0 bridgehead atoms. The minimum Gasteiger partial charge on any atom is -0.349 e. The Balaban J connectivity index is 1.30. The molecule has 6 heteroatoms. The summed E-state index contributed by atoms with van der Waals surface area (Å²) in [5.74, 6) is -0.281. The summed E-state index contributed by atoms with van der Waals surface area (Å²) in [7, 11) is 0. The third kappa shape index (κ3) is 5.62. The summed E-state index contributed by atoms with van der Waals surface area (Å²) in [5.41, 5.74) is 2.70. The second-order valence-electron chi connectivity index (χ2n) is 6.99. The van der Waals surface area contributed by atoms with Gasteiger partial charge in [0, 0.05) is 35.2 Å².